The maximum Gasteiger partial charge on any atom is 0.248 e. The molecular weight excluding hydrogens is 284 g/mol. The van der Waals surface area contributed by atoms with Crippen molar-refractivity contribution in [1.82, 2.24) is 0 Å². The lowest BCUT2D eigenvalue weighted by Gasteiger charge is -2.04. The third kappa shape index (κ3) is 3.65. The van der Waals surface area contributed by atoms with Crippen LogP contribution in [-0.2, 0) is 4.79 Å². The van der Waals surface area contributed by atoms with Crippen molar-refractivity contribution in [3.05, 3.63) is 70.8 Å². The van der Waals surface area contributed by atoms with Crippen LogP contribution in [0.3, 0.4) is 0 Å². The van der Waals surface area contributed by atoms with E-state index >= 15 is 0 Å². The van der Waals surface area contributed by atoms with Gasteiger partial charge in [0.2, 0.25) is 5.91 Å². The van der Waals surface area contributed by atoms with E-state index in [9.17, 15) is 13.6 Å². The highest BCUT2D eigenvalue weighted by Gasteiger charge is 2.09. The Labute approximate surface area is 119 Å². The smallest absolute Gasteiger partial charge is 0.248 e. The zero-order chi connectivity index (χ0) is 14.5. The fourth-order valence-electron chi connectivity index (χ4n) is 1.53. The Bertz CT molecular complexity index is 633. The molecule has 1 amide bonds. The zero-order valence-corrected chi connectivity index (χ0v) is 11.0. The lowest BCUT2D eigenvalue weighted by Crippen LogP contribution is -2.10. The molecule has 0 aromatic heterocycles. The van der Waals surface area contributed by atoms with Crippen molar-refractivity contribution in [1.29, 1.82) is 0 Å². The summed E-state index contributed by atoms with van der Waals surface area (Å²) < 4.78 is 26.6. The van der Waals surface area contributed by atoms with Crippen LogP contribution in [0.1, 0.15) is 5.56 Å². The van der Waals surface area contributed by atoms with Gasteiger partial charge >= 0.3 is 0 Å². The van der Waals surface area contributed by atoms with Gasteiger partial charge in [-0.25, -0.2) is 8.78 Å². The lowest BCUT2D eigenvalue weighted by atomic mass is 10.2. The number of carbonyl (C=O) groups is 1. The third-order valence-corrected chi connectivity index (χ3v) is 2.76. The van der Waals surface area contributed by atoms with Crippen LogP contribution >= 0.6 is 11.6 Å². The minimum atomic E-state index is -0.821. The molecule has 0 aliphatic rings. The van der Waals surface area contributed by atoms with E-state index in [1.54, 1.807) is 24.3 Å². The molecule has 0 bridgehead atoms. The van der Waals surface area contributed by atoms with Gasteiger partial charge in [-0.3, -0.25) is 4.79 Å². The summed E-state index contributed by atoms with van der Waals surface area (Å²) in [5, 5.41) is 2.74. The van der Waals surface area contributed by atoms with E-state index in [2.05, 4.69) is 5.32 Å². The Hall–Kier alpha value is -2.20. The zero-order valence-electron chi connectivity index (χ0n) is 10.2. The summed E-state index contributed by atoms with van der Waals surface area (Å²) in [4.78, 5) is 11.6. The molecule has 0 saturated carbocycles. The van der Waals surface area contributed by atoms with Crippen LogP contribution in [0, 0.1) is 11.6 Å². The molecule has 1 N–H and O–H groups in total. The normalized spacial score (nSPS) is 10.8. The van der Waals surface area contributed by atoms with Crippen LogP contribution in [0.2, 0.25) is 5.02 Å². The first-order chi connectivity index (χ1) is 9.56. The molecule has 0 radical (unpaired) electrons. The Kier molecular flexibility index (Phi) is 4.48. The van der Waals surface area contributed by atoms with Gasteiger partial charge in [0.1, 0.15) is 17.3 Å². The summed E-state index contributed by atoms with van der Waals surface area (Å²) in [6.45, 7) is 0. The third-order valence-electron chi connectivity index (χ3n) is 2.51. The summed E-state index contributed by atoms with van der Waals surface area (Å²) in [6.07, 6.45) is 2.71. The molecular formula is C15H10ClF2NO. The van der Waals surface area contributed by atoms with Crippen LogP contribution in [0.15, 0.2) is 48.5 Å². The molecule has 0 unspecified atom stereocenters. The number of carbonyl (C=O) groups excluding carboxylic acids is 1. The van der Waals surface area contributed by atoms with Crippen molar-refractivity contribution in [2.45, 2.75) is 0 Å². The van der Waals surface area contributed by atoms with Gasteiger partial charge in [-0.2, -0.15) is 0 Å². The number of halogens is 3. The van der Waals surface area contributed by atoms with Gasteiger partial charge in [0.05, 0.1) is 0 Å². The predicted octanol–water partition coefficient (Wildman–Crippen LogP) is 4.27. The second-order valence-corrected chi connectivity index (χ2v) is 4.41. The van der Waals surface area contributed by atoms with Gasteiger partial charge < -0.3 is 5.32 Å². The first-order valence-electron chi connectivity index (χ1n) is 5.75. The molecule has 0 atom stereocenters. The van der Waals surface area contributed by atoms with Crippen molar-refractivity contribution in [3.63, 3.8) is 0 Å². The number of hydrogen-bond donors (Lipinski definition) is 1. The van der Waals surface area contributed by atoms with Crippen LogP contribution in [0.25, 0.3) is 6.08 Å². The number of amides is 1. The van der Waals surface area contributed by atoms with E-state index in [0.29, 0.717) is 5.02 Å². The molecule has 20 heavy (non-hydrogen) atoms. The standard InChI is InChI=1S/C15H10ClF2NO/c16-11-7-4-10(5-8-11)6-9-14(20)19-15-12(17)2-1-3-13(15)18/h1-9H,(H,19,20)/b9-6+. The van der Waals surface area contributed by atoms with Crippen molar-refractivity contribution >= 4 is 29.3 Å². The minimum absolute atomic E-state index is 0.460. The second kappa shape index (κ2) is 6.30. The predicted molar refractivity (Wildman–Crippen MR) is 75.5 cm³/mol. The molecule has 0 fully saturated rings. The summed E-state index contributed by atoms with van der Waals surface area (Å²) in [5.41, 5.74) is 0.289. The summed E-state index contributed by atoms with van der Waals surface area (Å²) in [5.74, 6) is -2.26. The van der Waals surface area contributed by atoms with Crippen molar-refractivity contribution in [2.24, 2.45) is 0 Å². The number of benzene rings is 2. The van der Waals surface area contributed by atoms with Gasteiger partial charge in [-0.05, 0) is 35.9 Å². The number of para-hydroxylation sites is 1. The van der Waals surface area contributed by atoms with Crippen LogP contribution < -0.4 is 5.32 Å². The van der Waals surface area contributed by atoms with Gasteiger partial charge in [0.15, 0.2) is 0 Å². The fraction of sp³-hybridized carbons (Fsp3) is 0. The highest BCUT2D eigenvalue weighted by molar-refractivity contribution is 6.30. The lowest BCUT2D eigenvalue weighted by molar-refractivity contribution is -0.111. The number of nitrogens with one attached hydrogen (secondary N) is 1. The summed E-state index contributed by atoms with van der Waals surface area (Å²) in [6, 6.07) is 10.2. The van der Waals surface area contributed by atoms with Crippen LogP contribution in [0.4, 0.5) is 14.5 Å². The molecule has 2 aromatic carbocycles. The van der Waals surface area contributed by atoms with Crippen molar-refractivity contribution in [2.75, 3.05) is 5.32 Å². The number of anilines is 1. The van der Waals surface area contributed by atoms with Gasteiger partial charge in [0.25, 0.3) is 0 Å². The molecule has 0 spiro atoms. The van der Waals surface area contributed by atoms with Crippen LogP contribution in [0.5, 0.6) is 0 Å². The summed E-state index contributed by atoms with van der Waals surface area (Å²) in [7, 11) is 0. The maximum absolute atomic E-state index is 13.3. The average Bonchev–Trinajstić information content (AvgIpc) is 2.42. The van der Waals surface area contributed by atoms with E-state index in [4.69, 9.17) is 11.6 Å². The van der Waals surface area contributed by atoms with E-state index in [1.165, 1.54) is 18.2 Å². The van der Waals surface area contributed by atoms with Crippen molar-refractivity contribution in [3.8, 4) is 0 Å². The molecule has 102 valence electrons. The number of rotatable bonds is 3. The average molecular weight is 294 g/mol. The van der Waals surface area contributed by atoms with Crippen molar-refractivity contribution < 1.29 is 13.6 Å². The molecule has 5 heteroatoms. The highest BCUT2D eigenvalue weighted by atomic mass is 35.5. The molecule has 0 aliphatic heterocycles. The fourth-order valence-corrected chi connectivity index (χ4v) is 1.65. The van der Waals surface area contributed by atoms with Crippen LogP contribution in [-0.4, -0.2) is 5.91 Å². The van der Waals surface area contributed by atoms with Gasteiger partial charge in [-0.1, -0.05) is 29.8 Å². The molecule has 0 heterocycles. The molecule has 2 aromatic rings. The van der Waals surface area contributed by atoms with E-state index < -0.39 is 23.2 Å². The topological polar surface area (TPSA) is 29.1 Å². The Morgan fingerprint density at radius 2 is 1.65 bits per heavy atom. The Morgan fingerprint density at radius 3 is 2.25 bits per heavy atom. The number of hydrogen-bond acceptors (Lipinski definition) is 1. The quantitative estimate of drug-likeness (QED) is 0.841. The molecule has 0 saturated heterocycles. The minimum Gasteiger partial charge on any atom is -0.318 e. The highest BCUT2D eigenvalue weighted by Crippen LogP contribution is 2.18. The Balaban J connectivity index is 2.07. The first-order valence-corrected chi connectivity index (χ1v) is 6.13. The molecule has 2 rings (SSSR count). The van der Waals surface area contributed by atoms with Gasteiger partial charge in [0, 0.05) is 11.1 Å². The van der Waals surface area contributed by atoms with E-state index in [1.807, 2.05) is 0 Å². The summed E-state index contributed by atoms with van der Waals surface area (Å²) >= 11 is 5.73. The first kappa shape index (κ1) is 14.2. The Morgan fingerprint density at radius 1 is 1.05 bits per heavy atom. The monoisotopic (exact) mass is 293 g/mol. The van der Waals surface area contributed by atoms with E-state index in [-0.39, 0.29) is 0 Å². The largest absolute Gasteiger partial charge is 0.318 e. The molecule has 2 nitrogen and oxygen atoms in total. The SMILES string of the molecule is O=C(/C=C/c1ccc(Cl)cc1)Nc1c(F)cccc1F. The second-order valence-electron chi connectivity index (χ2n) is 3.97. The van der Waals surface area contributed by atoms with Gasteiger partial charge in [-0.15, -0.1) is 0 Å². The van der Waals surface area contributed by atoms with E-state index in [0.717, 1.165) is 17.7 Å². The maximum atomic E-state index is 13.3. The molecule has 0 aliphatic carbocycles.